The zero-order valence-electron chi connectivity index (χ0n) is 14.2. The average Bonchev–Trinajstić information content (AvgIpc) is 2.49. The molecule has 0 bridgehead atoms. The van der Waals surface area contributed by atoms with Crippen LogP contribution in [-0.2, 0) is 11.3 Å². The number of nitrogens with one attached hydrogen (secondary N) is 1. The van der Waals surface area contributed by atoms with Crippen molar-refractivity contribution < 1.29 is 4.74 Å². The summed E-state index contributed by atoms with van der Waals surface area (Å²) in [7, 11) is 1.76. The normalized spacial score (nSPS) is 11.4. The van der Waals surface area contributed by atoms with Gasteiger partial charge in [-0.1, -0.05) is 27.7 Å². The lowest BCUT2D eigenvalue weighted by Gasteiger charge is -2.32. The van der Waals surface area contributed by atoms with E-state index in [2.05, 4.69) is 55.0 Å². The van der Waals surface area contributed by atoms with E-state index in [1.807, 2.05) is 6.20 Å². The summed E-state index contributed by atoms with van der Waals surface area (Å²) >= 11 is 0. The lowest BCUT2D eigenvalue weighted by atomic mass is 10.1. The summed E-state index contributed by atoms with van der Waals surface area (Å²) < 4.78 is 5.27. The monoisotopic (exact) mass is 293 g/mol. The lowest BCUT2D eigenvalue weighted by Crippen LogP contribution is -2.37. The van der Waals surface area contributed by atoms with Gasteiger partial charge in [0, 0.05) is 44.2 Å². The fourth-order valence-corrected chi connectivity index (χ4v) is 2.49. The molecule has 0 fully saturated rings. The molecule has 0 saturated carbocycles. The van der Waals surface area contributed by atoms with E-state index in [4.69, 9.17) is 4.74 Å². The van der Waals surface area contributed by atoms with Crippen LogP contribution in [0.3, 0.4) is 0 Å². The van der Waals surface area contributed by atoms with Crippen molar-refractivity contribution in [1.29, 1.82) is 0 Å². The van der Waals surface area contributed by atoms with E-state index < -0.39 is 0 Å². The third-order valence-electron chi connectivity index (χ3n) is 3.74. The molecule has 0 saturated heterocycles. The molecule has 120 valence electrons. The standard InChI is InChI=1S/C17H31N3O/c1-6-16(7-2)20(10-11-21-5)17-8-9-18-15(12-17)13-19-14(3)4/h8-9,12,14,16,19H,6-7,10-11,13H2,1-5H3. The molecule has 0 amide bonds. The minimum absolute atomic E-state index is 0.471. The van der Waals surface area contributed by atoms with Gasteiger partial charge in [-0.15, -0.1) is 0 Å². The van der Waals surface area contributed by atoms with Crippen molar-refractivity contribution in [3.63, 3.8) is 0 Å². The number of hydrogen-bond donors (Lipinski definition) is 1. The molecule has 4 heteroatoms. The molecule has 0 aliphatic heterocycles. The van der Waals surface area contributed by atoms with E-state index in [1.165, 1.54) is 5.69 Å². The number of aromatic nitrogens is 1. The first-order valence-corrected chi connectivity index (χ1v) is 8.06. The molecule has 0 aliphatic rings. The van der Waals surface area contributed by atoms with E-state index >= 15 is 0 Å². The zero-order chi connectivity index (χ0) is 15.7. The molecular formula is C17H31N3O. The van der Waals surface area contributed by atoms with Gasteiger partial charge >= 0.3 is 0 Å². The van der Waals surface area contributed by atoms with E-state index in [-0.39, 0.29) is 0 Å². The highest BCUT2D eigenvalue weighted by atomic mass is 16.5. The number of ether oxygens (including phenoxy) is 1. The largest absolute Gasteiger partial charge is 0.383 e. The minimum Gasteiger partial charge on any atom is -0.383 e. The topological polar surface area (TPSA) is 37.4 Å². The van der Waals surface area contributed by atoms with Gasteiger partial charge in [0.25, 0.3) is 0 Å². The summed E-state index contributed by atoms with van der Waals surface area (Å²) in [6, 6.07) is 5.32. The highest BCUT2D eigenvalue weighted by Gasteiger charge is 2.16. The molecule has 0 atom stereocenters. The van der Waals surface area contributed by atoms with Crippen molar-refractivity contribution in [3.8, 4) is 0 Å². The van der Waals surface area contributed by atoms with Crippen LogP contribution in [0.5, 0.6) is 0 Å². The second-order valence-electron chi connectivity index (χ2n) is 5.70. The summed E-state index contributed by atoms with van der Waals surface area (Å²) in [5, 5.41) is 3.42. The Bertz CT molecular complexity index is 391. The van der Waals surface area contributed by atoms with Crippen molar-refractivity contribution in [2.75, 3.05) is 25.2 Å². The van der Waals surface area contributed by atoms with Crippen LogP contribution < -0.4 is 10.2 Å². The first-order valence-electron chi connectivity index (χ1n) is 8.06. The van der Waals surface area contributed by atoms with Gasteiger partial charge in [0.2, 0.25) is 0 Å². The second kappa shape index (κ2) is 9.74. The van der Waals surface area contributed by atoms with Crippen LogP contribution in [0.25, 0.3) is 0 Å². The molecule has 21 heavy (non-hydrogen) atoms. The third kappa shape index (κ3) is 6.02. The van der Waals surface area contributed by atoms with Crippen molar-refractivity contribution >= 4 is 5.69 Å². The smallest absolute Gasteiger partial charge is 0.0637 e. The Kier molecular flexibility index (Phi) is 8.31. The number of hydrogen-bond acceptors (Lipinski definition) is 4. The summed E-state index contributed by atoms with van der Waals surface area (Å²) in [5.41, 5.74) is 2.34. The van der Waals surface area contributed by atoms with Gasteiger partial charge in [-0.05, 0) is 25.0 Å². The number of methoxy groups -OCH3 is 1. The third-order valence-corrected chi connectivity index (χ3v) is 3.74. The molecule has 0 radical (unpaired) electrons. The molecule has 0 aromatic carbocycles. The highest BCUT2D eigenvalue weighted by molar-refractivity contribution is 5.47. The maximum Gasteiger partial charge on any atom is 0.0637 e. The minimum atomic E-state index is 0.471. The van der Waals surface area contributed by atoms with Gasteiger partial charge in [-0.2, -0.15) is 0 Å². The van der Waals surface area contributed by atoms with Gasteiger partial charge in [0.1, 0.15) is 0 Å². The number of rotatable bonds is 10. The summed E-state index contributed by atoms with van der Waals surface area (Å²) in [4.78, 5) is 6.91. The van der Waals surface area contributed by atoms with Crippen LogP contribution >= 0.6 is 0 Å². The average molecular weight is 293 g/mol. The van der Waals surface area contributed by atoms with Crippen LogP contribution in [0.4, 0.5) is 5.69 Å². The number of pyridine rings is 1. The fraction of sp³-hybridized carbons (Fsp3) is 0.706. The summed E-state index contributed by atoms with van der Waals surface area (Å²) in [6.45, 7) is 11.3. The Morgan fingerprint density at radius 2 is 2.00 bits per heavy atom. The maximum atomic E-state index is 5.27. The SMILES string of the molecule is CCC(CC)N(CCOC)c1ccnc(CNC(C)C)c1. The van der Waals surface area contributed by atoms with E-state index in [0.29, 0.717) is 12.1 Å². The molecular weight excluding hydrogens is 262 g/mol. The van der Waals surface area contributed by atoms with Crippen LogP contribution in [0.1, 0.15) is 46.2 Å². The number of anilines is 1. The molecule has 1 heterocycles. The highest BCUT2D eigenvalue weighted by Crippen LogP contribution is 2.20. The Morgan fingerprint density at radius 3 is 2.57 bits per heavy atom. The van der Waals surface area contributed by atoms with Crippen LogP contribution in [0.15, 0.2) is 18.3 Å². The molecule has 1 aromatic rings. The quantitative estimate of drug-likeness (QED) is 0.719. The van der Waals surface area contributed by atoms with Crippen LogP contribution in [0, 0.1) is 0 Å². The molecule has 1 N–H and O–H groups in total. The van der Waals surface area contributed by atoms with Gasteiger partial charge in [-0.25, -0.2) is 0 Å². The first-order chi connectivity index (χ1) is 10.1. The van der Waals surface area contributed by atoms with Crippen LogP contribution in [-0.4, -0.2) is 37.3 Å². The summed E-state index contributed by atoms with van der Waals surface area (Å²) in [6.07, 6.45) is 4.19. The zero-order valence-corrected chi connectivity index (χ0v) is 14.2. The second-order valence-corrected chi connectivity index (χ2v) is 5.70. The predicted octanol–water partition coefficient (Wildman–Crippen LogP) is 3.22. The molecule has 4 nitrogen and oxygen atoms in total. The van der Waals surface area contributed by atoms with E-state index in [0.717, 1.165) is 38.2 Å². The van der Waals surface area contributed by atoms with Crippen molar-refractivity contribution in [2.24, 2.45) is 0 Å². The summed E-state index contributed by atoms with van der Waals surface area (Å²) in [5.74, 6) is 0. The van der Waals surface area contributed by atoms with Crippen LogP contribution in [0.2, 0.25) is 0 Å². The maximum absolute atomic E-state index is 5.27. The Morgan fingerprint density at radius 1 is 1.29 bits per heavy atom. The van der Waals surface area contributed by atoms with E-state index in [1.54, 1.807) is 7.11 Å². The Hall–Kier alpha value is -1.13. The van der Waals surface area contributed by atoms with Gasteiger partial charge in [0.15, 0.2) is 0 Å². The van der Waals surface area contributed by atoms with Gasteiger partial charge in [-0.3, -0.25) is 4.98 Å². The Balaban J connectivity index is 2.87. The fourth-order valence-electron chi connectivity index (χ4n) is 2.49. The van der Waals surface area contributed by atoms with Crippen molar-refractivity contribution in [3.05, 3.63) is 24.0 Å². The number of nitrogens with zero attached hydrogens (tertiary/aromatic N) is 2. The Labute approximate surface area is 129 Å². The predicted molar refractivity (Wildman–Crippen MR) is 89.8 cm³/mol. The lowest BCUT2D eigenvalue weighted by molar-refractivity contribution is 0.202. The molecule has 1 aromatic heterocycles. The molecule has 1 rings (SSSR count). The molecule has 0 aliphatic carbocycles. The van der Waals surface area contributed by atoms with Gasteiger partial charge < -0.3 is 15.0 Å². The first kappa shape index (κ1) is 17.9. The molecule has 0 spiro atoms. The van der Waals surface area contributed by atoms with Crippen molar-refractivity contribution in [2.45, 2.75) is 59.2 Å². The molecule has 0 unspecified atom stereocenters. The van der Waals surface area contributed by atoms with E-state index in [9.17, 15) is 0 Å². The van der Waals surface area contributed by atoms with Crippen molar-refractivity contribution in [1.82, 2.24) is 10.3 Å². The van der Waals surface area contributed by atoms with Gasteiger partial charge in [0.05, 0.1) is 12.3 Å².